The number of allylic oxidation sites excluding steroid dienone is 1. The van der Waals surface area contributed by atoms with Crippen LogP contribution in [0.25, 0.3) is 6.08 Å². The lowest BCUT2D eigenvalue weighted by atomic mass is 10.0. The summed E-state index contributed by atoms with van der Waals surface area (Å²) < 4.78 is 5.29. The highest BCUT2D eigenvalue weighted by atomic mass is 16.5. The standard InChI is InChI=1S/C17H14O7/c1-6-3-4-8(13(20)11(6)18)5-9-14(21)10-7(2)12(19)15(22)16(23)17(10)24-9/h3-5,18-20,22-23H,1-2H3/b9-5-. The van der Waals surface area contributed by atoms with Crippen molar-refractivity contribution in [2.24, 2.45) is 0 Å². The molecule has 0 radical (unpaired) electrons. The Morgan fingerprint density at radius 2 is 1.54 bits per heavy atom. The summed E-state index contributed by atoms with van der Waals surface area (Å²) in [6.45, 7) is 3.00. The molecule has 0 atom stereocenters. The van der Waals surface area contributed by atoms with Crippen molar-refractivity contribution in [3.63, 3.8) is 0 Å². The lowest BCUT2D eigenvalue weighted by Crippen LogP contribution is -2.00. The summed E-state index contributed by atoms with van der Waals surface area (Å²) >= 11 is 0. The quantitative estimate of drug-likeness (QED) is 0.401. The highest BCUT2D eigenvalue weighted by Gasteiger charge is 2.36. The van der Waals surface area contributed by atoms with Crippen LogP contribution in [0.15, 0.2) is 17.9 Å². The van der Waals surface area contributed by atoms with Crippen LogP contribution in [0.4, 0.5) is 0 Å². The van der Waals surface area contributed by atoms with Crippen LogP contribution in [0.3, 0.4) is 0 Å². The molecule has 0 aliphatic carbocycles. The molecule has 0 amide bonds. The number of phenols is 5. The first kappa shape index (κ1) is 15.5. The van der Waals surface area contributed by atoms with E-state index in [-0.39, 0.29) is 33.9 Å². The molecule has 0 bridgehead atoms. The maximum Gasteiger partial charge on any atom is 0.232 e. The molecular weight excluding hydrogens is 316 g/mol. The molecule has 0 aromatic heterocycles. The van der Waals surface area contributed by atoms with Gasteiger partial charge in [0.05, 0.1) is 5.56 Å². The van der Waals surface area contributed by atoms with E-state index in [9.17, 15) is 30.3 Å². The van der Waals surface area contributed by atoms with Gasteiger partial charge in [0.1, 0.15) is 0 Å². The Labute approximate surface area is 136 Å². The van der Waals surface area contributed by atoms with Gasteiger partial charge >= 0.3 is 0 Å². The van der Waals surface area contributed by atoms with Crippen molar-refractivity contribution in [1.82, 2.24) is 0 Å². The number of carbonyl (C=O) groups excluding carboxylic acids is 1. The Kier molecular flexibility index (Phi) is 3.30. The topological polar surface area (TPSA) is 127 Å². The second-order valence-electron chi connectivity index (χ2n) is 5.48. The summed E-state index contributed by atoms with van der Waals surface area (Å²) in [6.07, 6.45) is 1.20. The molecule has 2 aromatic rings. The number of hydrogen-bond acceptors (Lipinski definition) is 7. The third-order valence-electron chi connectivity index (χ3n) is 3.95. The van der Waals surface area contributed by atoms with Crippen molar-refractivity contribution in [3.8, 4) is 34.5 Å². The zero-order valence-electron chi connectivity index (χ0n) is 12.8. The first-order valence-electron chi connectivity index (χ1n) is 6.97. The fraction of sp³-hybridized carbons (Fsp3) is 0.118. The molecule has 1 aliphatic heterocycles. The average molecular weight is 330 g/mol. The third kappa shape index (κ3) is 2.02. The van der Waals surface area contributed by atoms with Crippen molar-refractivity contribution in [3.05, 3.63) is 40.1 Å². The largest absolute Gasteiger partial charge is 0.504 e. The fourth-order valence-corrected chi connectivity index (χ4v) is 2.51. The number of ketones is 1. The third-order valence-corrected chi connectivity index (χ3v) is 3.95. The number of carbonyl (C=O) groups is 1. The predicted molar refractivity (Wildman–Crippen MR) is 83.6 cm³/mol. The van der Waals surface area contributed by atoms with E-state index in [1.54, 1.807) is 13.0 Å². The molecule has 24 heavy (non-hydrogen) atoms. The van der Waals surface area contributed by atoms with Crippen LogP contribution in [0.1, 0.15) is 27.0 Å². The lowest BCUT2D eigenvalue weighted by molar-refractivity contribution is 0.101. The Morgan fingerprint density at radius 1 is 0.875 bits per heavy atom. The fourth-order valence-electron chi connectivity index (χ4n) is 2.51. The average Bonchev–Trinajstić information content (AvgIpc) is 2.88. The maximum absolute atomic E-state index is 12.5. The van der Waals surface area contributed by atoms with E-state index < -0.39 is 28.8 Å². The van der Waals surface area contributed by atoms with Gasteiger partial charge in [0.15, 0.2) is 28.8 Å². The van der Waals surface area contributed by atoms with Gasteiger partial charge in [-0.3, -0.25) is 4.79 Å². The molecule has 3 rings (SSSR count). The molecule has 7 heteroatoms. The van der Waals surface area contributed by atoms with Crippen molar-refractivity contribution >= 4 is 11.9 Å². The molecule has 0 spiro atoms. The molecule has 124 valence electrons. The number of rotatable bonds is 1. The smallest absolute Gasteiger partial charge is 0.232 e. The number of Topliss-reactive ketones (excluding diaryl/α,β-unsaturated/α-hetero) is 1. The Morgan fingerprint density at radius 3 is 2.21 bits per heavy atom. The minimum Gasteiger partial charge on any atom is -0.504 e. The van der Waals surface area contributed by atoms with Crippen LogP contribution in [0.5, 0.6) is 34.5 Å². The van der Waals surface area contributed by atoms with Crippen LogP contribution < -0.4 is 4.74 Å². The summed E-state index contributed by atoms with van der Waals surface area (Å²) in [5.74, 6) is -4.00. The molecule has 7 nitrogen and oxygen atoms in total. The Hall–Kier alpha value is -3.35. The molecule has 0 saturated carbocycles. The first-order chi connectivity index (χ1) is 11.2. The van der Waals surface area contributed by atoms with Gasteiger partial charge in [-0.1, -0.05) is 12.1 Å². The minimum atomic E-state index is -0.781. The highest BCUT2D eigenvalue weighted by molar-refractivity contribution is 6.16. The molecule has 0 saturated heterocycles. The van der Waals surface area contributed by atoms with E-state index in [1.165, 1.54) is 19.1 Å². The number of aryl methyl sites for hydroxylation is 1. The molecule has 2 aromatic carbocycles. The highest BCUT2D eigenvalue weighted by Crippen LogP contribution is 2.51. The van der Waals surface area contributed by atoms with Crippen molar-refractivity contribution < 1.29 is 35.1 Å². The zero-order valence-corrected chi connectivity index (χ0v) is 12.8. The van der Waals surface area contributed by atoms with Crippen molar-refractivity contribution in [2.45, 2.75) is 13.8 Å². The number of hydrogen-bond donors (Lipinski definition) is 5. The second-order valence-corrected chi connectivity index (χ2v) is 5.48. The van der Waals surface area contributed by atoms with Gasteiger partial charge in [0.2, 0.25) is 17.3 Å². The van der Waals surface area contributed by atoms with Crippen molar-refractivity contribution in [1.29, 1.82) is 0 Å². The molecule has 5 N–H and O–H groups in total. The number of aromatic hydroxyl groups is 5. The molecular formula is C17H14O7. The van der Waals surface area contributed by atoms with Gasteiger partial charge in [-0.15, -0.1) is 0 Å². The number of benzene rings is 2. The summed E-state index contributed by atoms with van der Waals surface area (Å²) in [7, 11) is 0. The monoisotopic (exact) mass is 330 g/mol. The molecule has 0 fully saturated rings. The number of ether oxygens (including phenoxy) is 1. The van der Waals surface area contributed by atoms with Crippen LogP contribution in [0.2, 0.25) is 0 Å². The first-order valence-corrected chi connectivity index (χ1v) is 6.97. The summed E-state index contributed by atoms with van der Waals surface area (Å²) in [6, 6.07) is 3.03. The van der Waals surface area contributed by atoms with Crippen LogP contribution in [-0.2, 0) is 0 Å². The van der Waals surface area contributed by atoms with Gasteiger partial charge in [-0.25, -0.2) is 0 Å². The van der Waals surface area contributed by atoms with E-state index in [0.717, 1.165) is 0 Å². The lowest BCUT2D eigenvalue weighted by Gasteiger charge is -2.08. The summed E-state index contributed by atoms with van der Waals surface area (Å²) in [5.41, 5.74) is 0.578. The number of phenolic OH excluding ortho intramolecular Hbond substituents is 5. The van der Waals surface area contributed by atoms with E-state index in [1.807, 2.05) is 0 Å². The van der Waals surface area contributed by atoms with Crippen LogP contribution >= 0.6 is 0 Å². The van der Waals surface area contributed by atoms with Gasteiger partial charge in [0.25, 0.3) is 0 Å². The molecule has 0 unspecified atom stereocenters. The van der Waals surface area contributed by atoms with Gasteiger partial charge in [-0.05, 0) is 25.5 Å². The van der Waals surface area contributed by atoms with E-state index in [2.05, 4.69) is 0 Å². The molecule has 1 heterocycles. The minimum absolute atomic E-state index is 0.0599. The molecule has 1 aliphatic rings. The normalized spacial score (nSPS) is 14.8. The summed E-state index contributed by atoms with van der Waals surface area (Å²) in [4.78, 5) is 12.5. The Balaban J connectivity index is 2.14. The van der Waals surface area contributed by atoms with Gasteiger partial charge in [0, 0.05) is 11.1 Å². The van der Waals surface area contributed by atoms with Crippen LogP contribution in [0, 0.1) is 13.8 Å². The van der Waals surface area contributed by atoms with Crippen LogP contribution in [-0.4, -0.2) is 31.3 Å². The predicted octanol–water partition coefficient (Wildman–Crippen LogP) is 2.45. The van der Waals surface area contributed by atoms with E-state index in [0.29, 0.717) is 5.56 Å². The Bertz CT molecular complexity index is 926. The van der Waals surface area contributed by atoms with Gasteiger partial charge < -0.3 is 30.3 Å². The van der Waals surface area contributed by atoms with Gasteiger partial charge in [-0.2, -0.15) is 0 Å². The SMILES string of the molecule is Cc1ccc(/C=C2\Oc3c(O)c(O)c(O)c(C)c3C2=O)c(O)c1O. The summed E-state index contributed by atoms with van der Waals surface area (Å²) in [5, 5.41) is 48.9. The maximum atomic E-state index is 12.5. The van der Waals surface area contributed by atoms with Crippen molar-refractivity contribution in [2.75, 3.05) is 0 Å². The second kappa shape index (κ2) is 5.09. The number of fused-ring (bicyclic) bond motifs is 1. The van der Waals surface area contributed by atoms with E-state index >= 15 is 0 Å². The zero-order chi connectivity index (χ0) is 17.8. The van der Waals surface area contributed by atoms with E-state index in [4.69, 9.17) is 4.74 Å².